The number of allylic oxidation sites excluding steroid dienone is 4. The fourth-order valence-corrected chi connectivity index (χ4v) is 4.42. The van der Waals surface area contributed by atoms with E-state index in [0.717, 1.165) is 39.9 Å². The number of hydrogen-bond donors (Lipinski definition) is 0. The van der Waals surface area contributed by atoms with E-state index in [0.29, 0.717) is 0 Å². The summed E-state index contributed by atoms with van der Waals surface area (Å²) in [5.74, 6) is -1.21. The summed E-state index contributed by atoms with van der Waals surface area (Å²) in [7, 11) is -1.21. The number of likely N-dealkylation sites (N-methyl/N-ethyl adjacent to an activating group) is 1. The highest BCUT2D eigenvalue weighted by Gasteiger charge is 2.39. The van der Waals surface area contributed by atoms with Gasteiger partial charge in [0.2, 0.25) is 0 Å². The number of benzene rings is 2. The van der Waals surface area contributed by atoms with Crippen LogP contribution in [0.5, 0.6) is 5.75 Å². The quantitative estimate of drug-likeness (QED) is 0.294. The monoisotopic (exact) mass is 449 g/mol. The topological polar surface area (TPSA) is 59.8 Å². The van der Waals surface area contributed by atoms with Crippen molar-refractivity contribution in [2.24, 2.45) is 0 Å². The third-order valence-corrected chi connectivity index (χ3v) is 5.91. The molecule has 0 atom stereocenters. The third kappa shape index (κ3) is 3.97. The number of nitrogens with zero attached hydrogens (tertiary/aromatic N) is 1. The number of aryl methyl sites for hydroxylation is 1. The second-order valence-electron chi connectivity index (χ2n) is 8.40. The van der Waals surface area contributed by atoms with Gasteiger partial charge in [0, 0.05) is 29.6 Å². The van der Waals surface area contributed by atoms with E-state index in [4.69, 9.17) is 4.42 Å². The van der Waals surface area contributed by atoms with Gasteiger partial charge in [-0.3, -0.25) is 4.79 Å². The van der Waals surface area contributed by atoms with Gasteiger partial charge in [-0.25, -0.2) is 13.4 Å². The molecule has 0 unspecified atom stereocenters. The van der Waals surface area contributed by atoms with Crippen LogP contribution < -0.4 is 15.2 Å². The lowest BCUT2D eigenvalue weighted by Gasteiger charge is -2.23. The largest absolute Gasteiger partial charge is 0.796 e. The highest BCUT2D eigenvalue weighted by Crippen LogP contribution is 2.49. The summed E-state index contributed by atoms with van der Waals surface area (Å²) in [5.41, 5.74) is 1.26. The lowest BCUT2D eigenvalue weighted by Crippen LogP contribution is -2.22. The van der Waals surface area contributed by atoms with E-state index in [1.807, 2.05) is 19.2 Å². The summed E-state index contributed by atoms with van der Waals surface area (Å²) in [5, 5.41) is 2.25. The van der Waals surface area contributed by atoms with Crippen molar-refractivity contribution < 1.29 is 22.5 Å². The molecule has 1 aliphatic heterocycles. The van der Waals surface area contributed by atoms with Crippen molar-refractivity contribution in [2.45, 2.75) is 26.2 Å². The van der Waals surface area contributed by atoms with Crippen molar-refractivity contribution in [3.8, 4) is 5.75 Å². The smallest absolute Gasteiger partial charge is 0.504 e. The number of rotatable bonds is 5. The van der Waals surface area contributed by atoms with E-state index < -0.39 is 30.2 Å². The summed E-state index contributed by atoms with van der Waals surface area (Å²) in [4.78, 5) is 26.9. The second kappa shape index (κ2) is 8.35. The number of carbonyl (C=O) groups excluding carboxylic acids is 1. The van der Waals surface area contributed by atoms with E-state index >= 15 is 0 Å². The molecule has 3 aromatic rings. The van der Waals surface area contributed by atoms with E-state index in [2.05, 4.69) is 47.7 Å². The minimum Gasteiger partial charge on any atom is -0.504 e. The molecule has 0 aliphatic carbocycles. The minimum absolute atomic E-state index is 0.0672. The lowest BCUT2D eigenvalue weighted by molar-refractivity contribution is 0.104. The fourth-order valence-electron chi connectivity index (χ4n) is 4.42. The summed E-state index contributed by atoms with van der Waals surface area (Å²) >= 11 is 0. The first-order chi connectivity index (χ1) is 15.6. The number of ketones is 1. The van der Waals surface area contributed by atoms with Crippen LogP contribution in [0.25, 0.3) is 10.8 Å². The van der Waals surface area contributed by atoms with Gasteiger partial charge in [0.15, 0.2) is 5.78 Å². The lowest BCUT2D eigenvalue weighted by atomic mass is 9.83. The average Bonchev–Trinajstić information content (AvgIpc) is 2.93. The number of fused-ring (bicyclic) bond motifs is 3. The van der Waals surface area contributed by atoms with Crippen molar-refractivity contribution in [1.82, 2.24) is 0 Å². The van der Waals surface area contributed by atoms with Gasteiger partial charge in [-0.15, -0.1) is 0 Å². The van der Waals surface area contributed by atoms with Crippen LogP contribution >= 0.6 is 0 Å². The zero-order valence-electron chi connectivity index (χ0n) is 18.7. The Morgan fingerprint density at radius 3 is 2.64 bits per heavy atom. The standard InChI is InChI=1S/C25H22BF2NO4/c1-15-14-20(33-26(27)28)22(24(31)32-15)19(30)10-7-11-21-25(2,3)18-13-12-16-8-5-6-9-17(16)23(18)29(21)4/h5-14H,1-4H3/b10-7+,21-11-. The van der Waals surface area contributed by atoms with E-state index in [1.54, 1.807) is 6.08 Å². The van der Waals surface area contributed by atoms with Crippen LogP contribution in [0, 0.1) is 6.92 Å². The van der Waals surface area contributed by atoms with Crippen molar-refractivity contribution in [2.75, 3.05) is 11.9 Å². The summed E-state index contributed by atoms with van der Waals surface area (Å²) in [6.07, 6.45) is 4.45. The van der Waals surface area contributed by atoms with Crippen molar-refractivity contribution in [3.63, 3.8) is 0 Å². The molecule has 4 rings (SSSR count). The molecule has 0 spiro atoms. The Morgan fingerprint density at radius 1 is 1.18 bits per heavy atom. The molecule has 5 nitrogen and oxygen atoms in total. The molecule has 0 N–H and O–H groups in total. The van der Waals surface area contributed by atoms with Gasteiger partial charge in [-0.05, 0) is 30.0 Å². The zero-order chi connectivity index (χ0) is 23.9. The number of carbonyl (C=O) groups is 1. The predicted molar refractivity (Wildman–Crippen MR) is 125 cm³/mol. The van der Waals surface area contributed by atoms with Crippen molar-refractivity contribution >= 4 is 29.7 Å². The molecule has 8 heteroatoms. The first-order valence-corrected chi connectivity index (χ1v) is 10.4. The van der Waals surface area contributed by atoms with Gasteiger partial charge < -0.3 is 14.0 Å². The number of anilines is 1. The van der Waals surface area contributed by atoms with E-state index in [-0.39, 0.29) is 11.2 Å². The van der Waals surface area contributed by atoms with Gasteiger partial charge in [-0.2, -0.15) is 0 Å². The van der Waals surface area contributed by atoms with Crippen LogP contribution in [-0.2, 0) is 5.41 Å². The normalized spacial score (nSPS) is 15.9. The van der Waals surface area contributed by atoms with Crippen LogP contribution in [-0.4, -0.2) is 20.3 Å². The molecule has 168 valence electrons. The highest BCUT2D eigenvalue weighted by molar-refractivity contribution is 6.35. The predicted octanol–water partition coefficient (Wildman–Crippen LogP) is 5.45. The number of hydrogen-bond acceptors (Lipinski definition) is 5. The van der Waals surface area contributed by atoms with Crippen LogP contribution in [0.3, 0.4) is 0 Å². The van der Waals surface area contributed by atoms with Crippen molar-refractivity contribution in [1.29, 1.82) is 0 Å². The average molecular weight is 449 g/mol. The van der Waals surface area contributed by atoms with Crippen LogP contribution in [0.15, 0.2) is 75.6 Å². The molecule has 2 aromatic carbocycles. The van der Waals surface area contributed by atoms with Crippen LogP contribution in [0.1, 0.15) is 35.5 Å². The summed E-state index contributed by atoms with van der Waals surface area (Å²) in [6, 6.07) is 13.4. The molecule has 0 saturated heterocycles. The van der Waals surface area contributed by atoms with Gasteiger partial charge in [-0.1, -0.05) is 56.3 Å². The molecule has 0 saturated carbocycles. The molecular formula is C25H22BF2NO4. The van der Waals surface area contributed by atoms with Gasteiger partial charge in [0.25, 0.3) is 0 Å². The molecule has 1 aromatic heterocycles. The van der Waals surface area contributed by atoms with Crippen LogP contribution in [0.4, 0.5) is 14.3 Å². The maximum absolute atomic E-state index is 12.8. The summed E-state index contributed by atoms with van der Waals surface area (Å²) in [6.45, 7) is 5.59. The Kier molecular flexibility index (Phi) is 5.70. The minimum atomic E-state index is -3.18. The Balaban J connectivity index is 1.70. The Labute approximate surface area is 190 Å². The first-order valence-electron chi connectivity index (χ1n) is 10.4. The molecule has 0 radical (unpaired) electrons. The third-order valence-electron chi connectivity index (χ3n) is 5.91. The molecular weight excluding hydrogens is 427 g/mol. The maximum Gasteiger partial charge on any atom is 0.796 e. The van der Waals surface area contributed by atoms with Gasteiger partial charge in [0.05, 0.1) is 5.69 Å². The van der Waals surface area contributed by atoms with Gasteiger partial charge >= 0.3 is 13.1 Å². The molecule has 33 heavy (non-hydrogen) atoms. The summed E-state index contributed by atoms with van der Waals surface area (Å²) < 4.78 is 34.8. The Hall–Kier alpha value is -3.68. The Morgan fingerprint density at radius 2 is 1.91 bits per heavy atom. The van der Waals surface area contributed by atoms with Crippen molar-refractivity contribution in [3.05, 3.63) is 93.7 Å². The highest BCUT2D eigenvalue weighted by atomic mass is 19.2. The molecule has 2 heterocycles. The SMILES string of the molecule is Cc1cc(OB(F)F)c(C(=O)/C=C/C=C2\N(C)c3c(ccc4ccccc34)C2(C)C)c(=O)o1. The van der Waals surface area contributed by atoms with Gasteiger partial charge in [0.1, 0.15) is 17.1 Å². The second-order valence-corrected chi connectivity index (χ2v) is 8.40. The molecule has 1 aliphatic rings. The van der Waals surface area contributed by atoms with E-state index in [1.165, 1.54) is 13.0 Å². The molecule has 0 fully saturated rings. The zero-order valence-corrected chi connectivity index (χ0v) is 18.7. The fraction of sp³-hybridized carbons (Fsp3) is 0.200. The molecule has 0 amide bonds. The Bertz CT molecular complexity index is 1370. The first kappa shape index (κ1) is 22.5. The maximum atomic E-state index is 12.8. The molecule has 0 bridgehead atoms. The van der Waals surface area contributed by atoms with Crippen LogP contribution in [0.2, 0.25) is 0 Å². The van der Waals surface area contributed by atoms with E-state index in [9.17, 15) is 18.2 Å². The number of halogens is 2.